The van der Waals surface area contributed by atoms with E-state index in [1.165, 1.54) is 11.3 Å². The Balaban J connectivity index is 2.31. The fourth-order valence-corrected chi connectivity index (χ4v) is 2.07. The number of aromatic nitrogens is 1. The number of carbonyl (C=O) groups excluding carboxylic acids is 1. The van der Waals surface area contributed by atoms with Crippen molar-refractivity contribution in [3.63, 3.8) is 0 Å². The van der Waals surface area contributed by atoms with Crippen LogP contribution in [-0.2, 0) is 0 Å². The monoisotopic (exact) mass is 247 g/mol. The summed E-state index contributed by atoms with van der Waals surface area (Å²) in [4.78, 5) is 16.4. The second kappa shape index (κ2) is 4.55. The summed E-state index contributed by atoms with van der Waals surface area (Å²) in [5, 5.41) is 2.87. The van der Waals surface area contributed by atoms with Gasteiger partial charge in [0.1, 0.15) is 4.88 Å². The van der Waals surface area contributed by atoms with E-state index in [0.717, 1.165) is 16.8 Å². The van der Waals surface area contributed by atoms with Gasteiger partial charge in [0.05, 0.1) is 11.7 Å². The minimum Gasteiger partial charge on any atom is -0.398 e. The summed E-state index contributed by atoms with van der Waals surface area (Å²) in [6.45, 7) is 3.83. The topological polar surface area (TPSA) is 68.0 Å². The van der Waals surface area contributed by atoms with Crippen LogP contribution in [0.15, 0.2) is 23.8 Å². The molecule has 3 N–H and O–H groups in total. The van der Waals surface area contributed by atoms with E-state index in [4.69, 9.17) is 5.73 Å². The first-order valence-electron chi connectivity index (χ1n) is 5.15. The van der Waals surface area contributed by atoms with Crippen molar-refractivity contribution in [1.82, 2.24) is 4.98 Å². The van der Waals surface area contributed by atoms with Crippen molar-refractivity contribution in [3.8, 4) is 0 Å². The van der Waals surface area contributed by atoms with Gasteiger partial charge in [0.15, 0.2) is 0 Å². The summed E-state index contributed by atoms with van der Waals surface area (Å²) in [5.74, 6) is -0.149. The Kier molecular flexibility index (Phi) is 3.10. The molecule has 0 atom stereocenters. The van der Waals surface area contributed by atoms with Gasteiger partial charge in [-0.25, -0.2) is 0 Å². The maximum absolute atomic E-state index is 11.9. The standard InChI is InChI=1S/C12H13N3OS/c1-7-3-4-9(13)8(2)11(7)15-12(16)10-5-14-6-17-10/h3-6H,13H2,1-2H3,(H,15,16). The summed E-state index contributed by atoms with van der Waals surface area (Å²) < 4.78 is 0. The summed E-state index contributed by atoms with van der Waals surface area (Å²) in [6.07, 6.45) is 1.55. The quantitative estimate of drug-likeness (QED) is 0.801. The molecule has 0 aliphatic heterocycles. The third kappa shape index (κ3) is 2.29. The number of aryl methyl sites for hydroxylation is 1. The highest BCUT2D eigenvalue weighted by Crippen LogP contribution is 2.25. The van der Waals surface area contributed by atoms with E-state index in [1.807, 2.05) is 26.0 Å². The van der Waals surface area contributed by atoms with Crippen molar-refractivity contribution in [3.05, 3.63) is 39.8 Å². The highest BCUT2D eigenvalue weighted by atomic mass is 32.1. The van der Waals surface area contributed by atoms with Crippen LogP contribution in [0.3, 0.4) is 0 Å². The zero-order chi connectivity index (χ0) is 12.4. The second-order valence-electron chi connectivity index (χ2n) is 3.79. The van der Waals surface area contributed by atoms with Crippen molar-refractivity contribution < 1.29 is 4.79 Å². The molecule has 5 heteroatoms. The van der Waals surface area contributed by atoms with Gasteiger partial charge >= 0.3 is 0 Å². The maximum atomic E-state index is 11.9. The molecular weight excluding hydrogens is 234 g/mol. The van der Waals surface area contributed by atoms with E-state index < -0.39 is 0 Å². The van der Waals surface area contributed by atoms with Gasteiger partial charge in [-0.05, 0) is 31.0 Å². The average Bonchev–Trinajstić information content (AvgIpc) is 2.83. The first-order chi connectivity index (χ1) is 8.09. The highest BCUT2D eigenvalue weighted by Gasteiger charge is 2.12. The molecule has 0 aliphatic carbocycles. The van der Waals surface area contributed by atoms with E-state index in [2.05, 4.69) is 10.3 Å². The summed E-state index contributed by atoms with van der Waals surface area (Å²) in [5.41, 5.74) is 10.8. The fraction of sp³-hybridized carbons (Fsp3) is 0.167. The van der Waals surface area contributed by atoms with E-state index in [1.54, 1.807) is 11.7 Å². The number of nitrogens with one attached hydrogen (secondary N) is 1. The second-order valence-corrected chi connectivity index (χ2v) is 4.68. The zero-order valence-corrected chi connectivity index (χ0v) is 10.5. The molecule has 0 saturated heterocycles. The van der Waals surface area contributed by atoms with Crippen LogP contribution in [-0.4, -0.2) is 10.9 Å². The number of anilines is 2. The Hall–Kier alpha value is -1.88. The molecule has 88 valence electrons. The van der Waals surface area contributed by atoms with Gasteiger partial charge in [-0.3, -0.25) is 9.78 Å². The number of hydrogen-bond acceptors (Lipinski definition) is 4. The molecule has 0 aliphatic rings. The molecule has 0 unspecified atom stereocenters. The van der Waals surface area contributed by atoms with Crippen molar-refractivity contribution in [1.29, 1.82) is 0 Å². The molecule has 1 amide bonds. The molecule has 1 aromatic heterocycles. The normalized spacial score (nSPS) is 10.2. The largest absolute Gasteiger partial charge is 0.398 e. The SMILES string of the molecule is Cc1ccc(N)c(C)c1NC(=O)c1cncs1. The van der Waals surface area contributed by atoms with Gasteiger partial charge < -0.3 is 11.1 Å². The van der Waals surface area contributed by atoms with Gasteiger partial charge in [0.2, 0.25) is 0 Å². The third-order valence-corrected chi connectivity index (χ3v) is 3.38. The fourth-order valence-electron chi connectivity index (χ4n) is 1.56. The Morgan fingerprint density at radius 1 is 1.41 bits per heavy atom. The third-order valence-electron chi connectivity index (χ3n) is 2.61. The predicted molar refractivity (Wildman–Crippen MR) is 70.4 cm³/mol. The molecule has 0 spiro atoms. The lowest BCUT2D eigenvalue weighted by Crippen LogP contribution is -2.13. The molecule has 2 rings (SSSR count). The van der Waals surface area contributed by atoms with Crippen LogP contribution in [0.2, 0.25) is 0 Å². The predicted octanol–water partition coefficient (Wildman–Crippen LogP) is 2.59. The lowest BCUT2D eigenvalue weighted by Gasteiger charge is -2.12. The Labute approximate surface area is 103 Å². The molecule has 1 aromatic carbocycles. The first kappa shape index (κ1) is 11.6. The van der Waals surface area contributed by atoms with Crippen LogP contribution in [0.25, 0.3) is 0 Å². The molecule has 4 nitrogen and oxygen atoms in total. The number of hydrogen-bond donors (Lipinski definition) is 2. The van der Waals surface area contributed by atoms with Crippen LogP contribution in [0.1, 0.15) is 20.8 Å². The number of nitrogens with zero attached hydrogens (tertiary/aromatic N) is 1. The van der Waals surface area contributed by atoms with Crippen molar-refractivity contribution in [2.45, 2.75) is 13.8 Å². The van der Waals surface area contributed by atoms with E-state index in [0.29, 0.717) is 10.6 Å². The Morgan fingerprint density at radius 2 is 2.18 bits per heavy atom. The van der Waals surface area contributed by atoms with Crippen molar-refractivity contribution in [2.75, 3.05) is 11.1 Å². The zero-order valence-electron chi connectivity index (χ0n) is 9.65. The number of rotatable bonds is 2. The molecule has 17 heavy (non-hydrogen) atoms. The summed E-state index contributed by atoms with van der Waals surface area (Å²) in [6, 6.07) is 3.73. The molecule has 0 fully saturated rings. The number of thiazole rings is 1. The Morgan fingerprint density at radius 3 is 2.82 bits per heavy atom. The van der Waals surface area contributed by atoms with E-state index in [9.17, 15) is 4.79 Å². The number of nitrogen functional groups attached to an aromatic ring is 1. The molecule has 0 bridgehead atoms. The number of amides is 1. The van der Waals surface area contributed by atoms with E-state index in [-0.39, 0.29) is 5.91 Å². The van der Waals surface area contributed by atoms with Gasteiger partial charge in [-0.1, -0.05) is 6.07 Å². The van der Waals surface area contributed by atoms with Crippen LogP contribution in [0, 0.1) is 13.8 Å². The van der Waals surface area contributed by atoms with E-state index >= 15 is 0 Å². The number of benzene rings is 1. The molecule has 2 aromatic rings. The number of nitrogens with two attached hydrogens (primary N) is 1. The molecule has 1 heterocycles. The minimum atomic E-state index is -0.149. The van der Waals surface area contributed by atoms with Gasteiger partial charge in [-0.2, -0.15) is 0 Å². The van der Waals surface area contributed by atoms with Crippen LogP contribution < -0.4 is 11.1 Å². The van der Waals surface area contributed by atoms with Crippen molar-refractivity contribution >= 4 is 28.6 Å². The lowest BCUT2D eigenvalue weighted by molar-refractivity contribution is 0.103. The minimum absolute atomic E-state index is 0.149. The average molecular weight is 247 g/mol. The number of carbonyl (C=O) groups is 1. The van der Waals surface area contributed by atoms with Crippen molar-refractivity contribution in [2.24, 2.45) is 0 Å². The summed E-state index contributed by atoms with van der Waals surface area (Å²) in [7, 11) is 0. The smallest absolute Gasteiger partial charge is 0.267 e. The summed E-state index contributed by atoms with van der Waals surface area (Å²) >= 11 is 1.31. The van der Waals surface area contributed by atoms with Crippen LogP contribution in [0.4, 0.5) is 11.4 Å². The van der Waals surface area contributed by atoms with Crippen LogP contribution in [0.5, 0.6) is 0 Å². The Bertz CT molecular complexity index is 549. The lowest BCUT2D eigenvalue weighted by atomic mass is 10.1. The first-order valence-corrected chi connectivity index (χ1v) is 6.03. The van der Waals surface area contributed by atoms with Gasteiger partial charge in [-0.15, -0.1) is 11.3 Å². The molecule has 0 saturated carbocycles. The van der Waals surface area contributed by atoms with Gasteiger partial charge in [0, 0.05) is 11.4 Å². The molecular formula is C12H13N3OS. The molecule has 0 radical (unpaired) electrons. The maximum Gasteiger partial charge on any atom is 0.267 e. The van der Waals surface area contributed by atoms with Gasteiger partial charge in [0.25, 0.3) is 5.91 Å². The van der Waals surface area contributed by atoms with Crippen LogP contribution >= 0.6 is 11.3 Å². The highest BCUT2D eigenvalue weighted by molar-refractivity contribution is 7.11.